The van der Waals surface area contributed by atoms with Crippen molar-refractivity contribution in [3.8, 4) is 5.75 Å². The highest BCUT2D eigenvalue weighted by molar-refractivity contribution is 6.00. The Kier molecular flexibility index (Phi) is 3.80. The van der Waals surface area contributed by atoms with Gasteiger partial charge in [0.05, 0.1) is 13.2 Å². The van der Waals surface area contributed by atoms with Gasteiger partial charge in [0.25, 0.3) is 0 Å². The van der Waals surface area contributed by atoms with Gasteiger partial charge in [-0.15, -0.1) is 0 Å². The summed E-state index contributed by atoms with van der Waals surface area (Å²) in [6, 6.07) is 2.89. The number of hydrogen-bond acceptors (Lipinski definition) is 4. The molecule has 0 aliphatic heterocycles. The Morgan fingerprint density at radius 2 is 2.20 bits per heavy atom. The van der Waals surface area contributed by atoms with Gasteiger partial charge in [-0.25, -0.2) is 4.98 Å². The number of carbonyl (C=O) groups excluding carboxylic acids is 1. The number of rotatable bonds is 4. The number of hydrogen-bond donors (Lipinski definition) is 1. The van der Waals surface area contributed by atoms with Gasteiger partial charge in [-0.1, -0.05) is 13.8 Å². The third-order valence-electron chi connectivity index (χ3n) is 2.24. The molecular formula is C11H16N2O2. The molecular weight excluding hydrogens is 192 g/mol. The van der Waals surface area contributed by atoms with Crippen LogP contribution < -0.4 is 10.5 Å². The molecule has 1 aromatic heterocycles. The summed E-state index contributed by atoms with van der Waals surface area (Å²) in [6.07, 6.45) is 1.56. The Labute approximate surface area is 89.5 Å². The average Bonchev–Trinajstić information content (AvgIpc) is 2.26. The third-order valence-corrected chi connectivity index (χ3v) is 2.24. The number of pyridine rings is 1. The van der Waals surface area contributed by atoms with E-state index in [1.165, 1.54) is 7.11 Å². The van der Waals surface area contributed by atoms with E-state index in [-0.39, 0.29) is 11.7 Å². The molecule has 0 radical (unpaired) electrons. The van der Waals surface area contributed by atoms with Crippen LogP contribution in [0, 0.1) is 5.92 Å². The van der Waals surface area contributed by atoms with Crippen LogP contribution in [0.4, 0.5) is 0 Å². The summed E-state index contributed by atoms with van der Waals surface area (Å²) in [5, 5.41) is 0. The highest BCUT2D eigenvalue weighted by atomic mass is 16.5. The van der Waals surface area contributed by atoms with Crippen LogP contribution >= 0.6 is 0 Å². The molecule has 0 aromatic carbocycles. The molecule has 1 atom stereocenters. The van der Waals surface area contributed by atoms with Crippen LogP contribution in [0.3, 0.4) is 0 Å². The Balaban J connectivity index is 3.00. The SMILES string of the molecule is COc1cccnc1C(=O)C(N)C(C)C. The molecule has 0 aliphatic rings. The monoisotopic (exact) mass is 208 g/mol. The summed E-state index contributed by atoms with van der Waals surface area (Å²) in [5.74, 6) is 0.380. The van der Waals surface area contributed by atoms with Gasteiger partial charge in [0, 0.05) is 6.20 Å². The number of nitrogens with two attached hydrogens (primary N) is 1. The fourth-order valence-corrected chi connectivity index (χ4v) is 1.20. The van der Waals surface area contributed by atoms with Crippen molar-refractivity contribution in [1.29, 1.82) is 0 Å². The van der Waals surface area contributed by atoms with Crippen molar-refractivity contribution in [2.24, 2.45) is 11.7 Å². The lowest BCUT2D eigenvalue weighted by molar-refractivity contribution is 0.0932. The topological polar surface area (TPSA) is 65.2 Å². The lowest BCUT2D eigenvalue weighted by Crippen LogP contribution is -2.36. The molecule has 1 unspecified atom stereocenters. The van der Waals surface area contributed by atoms with Crippen molar-refractivity contribution in [2.45, 2.75) is 19.9 Å². The molecule has 0 bridgehead atoms. The predicted octanol–water partition coefficient (Wildman–Crippen LogP) is 1.26. The van der Waals surface area contributed by atoms with E-state index >= 15 is 0 Å². The van der Waals surface area contributed by atoms with Gasteiger partial charge in [0.1, 0.15) is 11.4 Å². The Morgan fingerprint density at radius 3 is 2.73 bits per heavy atom. The minimum Gasteiger partial charge on any atom is -0.494 e. The zero-order chi connectivity index (χ0) is 11.4. The molecule has 2 N–H and O–H groups in total. The van der Waals surface area contributed by atoms with E-state index in [4.69, 9.17) is 10.5 Å². The molecule has 0 aliphatic carbocycles. The molecule has 15 heavy (non-hydrogen) atoms. The number of ketones is 1. The summed E-state index contributed by atoms with van der Waals surface area (Å²) >= 11 is 0. The number of carbonyl (C=O) groups is 1. The van der Waals surface area contributed by atoms with E-state index in [9.17, 15) is 4.79 Å². The molecule has 4 nitrogen and oxygen atoms in total. The Morgan fingerprint density at radius 1 is 1.53 bits per heavy atom. The van der Waals surface area contributed by atoms with Crippen LogP contribution in [0.2, 0.25) is 0 Å². The van der Waals surface area contributed by atoms with Crippen molar-refractivity contribution >= 4 is 5.78 Å². The Bertz CT molecular complexity index is 350. The van der Waals surface area contributed by atoms with Crippen LogP contribution in [0.5, 0.6) is 5.75 Å². The zero-order valence-corrected chi connectivity index (χ0v) is 9.23. The Hall–Kier alpha value is -1.42. The molecule has 1 aromatic rings. The first-order valence-corrected chi connectivity index (χ1v) is 4.86. The summed E-state index contributed by atoms with van der Waals surface area (Å²) < 4.78 is 5.06. The van der Waals surface area contributed by atoms with E-state index in [0.29, 0.717) is 11.4 Å². The number of methoxy groups -OCH3 is 1. The van der Waals surface area contributed by atoms with Crippen molar-refractivity contribution in [3.63, 3.8) is 0 Å². The second-order valence-electron chi connectivity index (χ2n) is 3.69. The number of aromatic nitrogens is 1. The first-order chi connectivity index (χ1) is 7.07. The van der Waals surface area contributed by atoms with E-state index in [2.05, 4.69) is 4.98 Å². The molecule has 0 fully saturated rings. The third kappa shape index (κ3) is 2.53. The largest absolute Gasteiger partial charge is 0.494 e. The fraction of sp³-hybridized carbons (Fsp3) is 0.455. The lowest BCUT2D eigenvalue weighted by atomic mass is 9.98. The van der Waals surface area contributed by atoms with Gasteiger partial charge in [0.15, 0.2) is 0 Å². The smallest absolute Gasteiger partial charge is 0.201 e. The van der Waals surface area contributed by atoms with Crippen LogP contribution in [0.25, 0.3) is 0 Å². The normalized spacial score (nSPS) is 12.6. The highest BCUT2D eigenvalue weighted by Crippen LogP contribution is 2.17. The van der Waals surface area contributed by atoms with Crippen LogP contribution in [-0.2, 0) is 0 Å². The van der Waals surface area contributed by atoms with Crippen LogP contribution in [-0.4, -0.2) is 23.9 Å². The van der Waals surface area contributed by atoms with Gasteiger partial charge < -0.3 is 10.5 Å². The standard InChI is InChI=1S/C11H16N2O2/c1-7(2)9(12)11(14)10-8(15-3)5-4-6-13-10/h4-7,9H,12H2,1-3H3. The van der Waals surface area contributed by atoms with Crippen molar-refractivity contribution in [1.82, 2.24) is 4.98 Å². The molecule has 0 saturated carbocycles. The molecule has 0 spiro atoms. The van der Waals surface area contributed by atoms with Gasteiger partial charge >= 0.3 is 0 Å². The fourth-order valence-electron chi connectivity index (χ4n) is 1.20. The van der Waals surface area contributed by atoms with Crippen LogP contribution in [0.15, 0.2) is 18.3 Å². The lowest BCUT2D eigenvalue weighted by Gasteiger charge is -2.14. The van der Waals surface area contributed by atoms with Gasteiger partial charge in [-0.05, 0) is 18.1 Å². The minimum absolute atomic E-state index is 0.0872. The maximum Gasteiger partial charge on any atom is 0.201 e. The minimum atomic E-state index is -0.534. The van der Waals surface area contributed by atoms with Crippen molar-refractivity contribution in [3.05, 3.63) is 24.0 Å². The summed E-state index contributed by atoms with van der Waals surface area (Å²) in [6.45, 7) is 3.80. The van der Waals surface area contributed by atoms with Crippen LogP contribution in [0.1, 0.15) is 24.3 Å². The zero-order valence-electron chi connectivity index (χ0n) is 9.23. The number of Topliss-reactive ketones (excluding diaryl/α,β-unsaturated/α-hetero) is 1. The second-order valence-corrected chi connectivity index (χ2v) is 3.69. The molecule has 0 saturated heterocycles. The summed E-state index contributed by atoms with van der Waals surface area (Å²) in [7, 11) is 1.51. The predicted molar refractivity (Wildman–Crippen MR) is 57.9 cm³/mol. The average molecular weight is 208 g/mol. The molecule has 1 rings (SSSR count). The maximum absolute atomic E-state index is 11.9. The van der Waals surface area contributed by atoms with E-state index in [1.54, 1.807) is 18.3 Å². The van der Waals surface area contributed by atoms with Gasteiger partial charge in [-0.3, -0.25) is 4.79 Å². The highest BCUT2D eigenvalue weighted by Gasteiger charge is 2.22. The quantitative estimate of drug-likeness (QED) is 0.756. The number of ether oxygens (including phenoxy) is 1. The molecule has 0 amide bonds. The van der Waals surface area contributed by atoms with E-state index in [1.807, 2.05) is 13.8 Å². The van der Waals surface area contributed by atoms with E-state index < -0.39 is 6.04 Å². The first-order valence-electron chi connectivity index (χ1n) is 4.86. The number of nitrogens with zero attached hydrogens (tertiary/aromatic N) is 1. The molecule has 4 heteroatoms. The maximum atomic E-state index is 11.9. The summed E-state index contributed by atoms with van der Waals surface area (Å²) in [5.41, 5.74) is 6.08. The van der Waals surface area contributed by atoms with Gasteiger partial charge in [-0.2, -0.15) is 0 Å². The van der Waals surface area contributed by atoms with Crippen molar-refractivity contribution < 1.29 is 9.53 Å². The summed E-state index contributed by atoms with van der Waals surface area (Å²) in [4.78, 5) is 15.9. The molecule has 1 heterocycles. The second kappa shape index (κ2) is 4.89. The molecule has 82 valence electrons. The van der Waals surface area contributed by atoms with Crippen molar-refractivity contribution in [2.75, 3.05) is 7.11 Å². The van der Waals surface area contributed by atoms with Gasteiger partial charge in [0.2, 0.25) is 5.78 Å². The van der Waals surface area contributed by atoms with E-state index in [0.717, 1.165) is 0 Å². The first kappa shape index (κ1) is 11.7.